The van der Waals surface area contributed by atoms with Crippen LogP contribution in [0.4, 0.5) is 24.8 Å². The molecule has 2 aromatic heterocycles. The highest BCUT2D eigenvalue weighted by atomic mass is 32.1. The van der Waals surface area contributed by atoms with E-state index in [1.807, 2.05) is 32.9 Å². The zero-order chi connectivity index (χ0) is 23.7. The van der Waals surface area contributed by atoms with E-state index in [4.69, 9.17) is 0 Å². The second-order valence-electron chi connectivity index (χ2n) is 8.35. The molecule has 1 N–H and O–H groups in total. The van der Waals surface area contributed by atoms with E-state index in [1.165, 1.54) is 11.3 Å². The fraction of sp³-hybridized carbons (Fsp3) is 0.364. The highest BCUT2D eigenvalue weighted by molar-refractivity contribution is 7.15. The highest BCUT2D eigenvalue weighted by Gasteiger charge is 2.33. The summed E-state index contributed by atoms with van der Waals surface area (Å²) in [4.78, 5) is 26.8. The predicted octanol–water partition coefficient (Wildman–Crippen LogP) is 5.33. The third-order valence-electron chi connectivity index (χ3n) is 4.70. The number of carbonyl (C=O) groups excluding carboxylic acids is 1. The number of nitrogens with zero attached hydrogens (tertiary/aromatic N) is 4. The van der Waals surface area contributed by atoms with Crippen LogP contribution in [0.15, 0.2) is 36.7 Å². The zero-order valence-corrected chi connectivity index (χ0v) is 19.2. The average Bonchev–Trinajstić information content (AvgIpc) is 3.14. The van der Waals surface area contributed by atoms with Gasteiger partial charge in [-0.2, -0.15) is 13.2 Å². The molecule has 0 saturated heterocycles. The lowest BCUT2D eigenvalue weighted by Crippen LogP contribution is -2.37. The Hall–Kier alpha value is -3.01. The number of hydrogen-bond acceptors (Lipinski definition) is 6. The van der Waals surface area contributed by atoms with Crippen LogP contribution >= 0.6 is 11.3 Å². The van der Waals surface area contributed by atoms with Crippen LogP contribution in [0.1, 0.15) is 30.1 Å². The first-order valence-corrected chi connectivity index (χ1v) is 10.6. The van der Waals surface area contributed by atoms with Gasteiger partial charge in [-0.25, -0.2) is 15.0 Å². The average molecular weight is 464 g/mol. The van der Waals surface area contributed by atoms with Crippen LogP contribution in [0.5, 0.6) is 0 Å². The molecule has 0 aliphatic rings. The van der Waals surface area contributed by atoms with Crippen molar-refractivity contribution in [2.75, 3.05) is 19.4 Å². The summed E-state index contributed by atoms with van der Waals surface area (Å²) >= 11 is 1.48. The molecule has 0 radical (unpaired) electrons. The summed E-state index contributed by atoms with van der Waals surface area (Å²) in [5.74, 6) is -0.109. The number of alkyl halides is 3. The van der Waals surface area contributed by atoms with Crippen molar-refractivity contribution in [3.05, 3.63) is 52.9 Å². The predicted molar refractivity (Wildman–Crippen MR) is 119 cm³/mol. The molecule has 0 fully saturated rings. The van der Waals surface area contributed by atoms with E-state index in [1.54, 1.807) is 31.3 Å². The van der Waals surface area contributed by atoms with E-state index in [2.05, 4.69) is 20.3 Å². The zero-order valence-electron chi connectivity index (χ0n) is 18.4. The van der Waals surface area contributed by atoms with Crippen LogP contribution in [-0.4, -0.2) is 39.9 Å². The molecule has 0 spiro atoms. The van der Waals surface area contributed by atoms with Crippen LogP contribution in [0, 0.1) is 12.3 Å². The van der Waals surface area contributed by atoms with Gasteiger partial charge in [0.25, 0.3) is 0 Å². The van der Waals surface area contributed by atoms with E-state index in [0.29, 0.717) is 12.1 Å². The van der Waals surface area contributed by atoms with Gasteiger partial charge in [0.15, 0.2) is 0 Å². The molecule has 0 saturated carbocycles. The van der Waals surface area contributed by atoms with Crippen LogP contribution in [0.25, 0.3) is 10.4 Å². The lowest BCUT2D eigenvalue weighted by Gasteiger charge is -2.26. The van der Waals surface area contributed by atoms with E-state index in [9.17, 15) is 18.0 Å². The Morgan fingerprint density at radius 1 is 1.16 bits per heavy atom. The minimum Gasteiger partial charge on any atom is -0.348 e. The monoisotopic (exact) mass is 463 g/mol. The highest BCUT2D eigenvalue weighted by Crippen LogP contribution is 2.34. The smallest absolute Gasteiger partial charge is 0.348 e. The van der Waals surface area contributed by atoms with Gasteiger partial charge in [0, 0.05) is 38.6 Å². The Morgan fingerprint density at radius 2 is 1.88 bits per heavy atom. The van der Waals surface area contributed by atoms with Crippen molar-refractivity contribution in [2.45, 2.75) is 33.4 Å². The third-order valence-corrected chi connectivity index (χ3v) is 5.74. The van der Waals surface area contributed by atoms with Gasteiger partial charge in [-0.1, -0.05) is 19.9 Å². The maximum absolute atomic E-state index is 12.9. The van der Waals surface area contributed by atoms with Gasteiger partial charge in [0.1, 0.15) is 5.69 Å². The Balaban J connectivity index is 1.84. The Morgan fingerprint density at radius 3 is 2.53 bits per heavy atom. The van der Waals surface area contributed by atoms with Gasteiger partial charge >= 0.3 is 6.18 Å². The van der Waals surface area contributed by atoms with Gasteiger partial charge < -0.3 is 10.2 Å². The van der Waals surface area contributed by atoms with Crippen LogP contribution in [0.2, 0.25) is 0 Å². The minimum absolute atomic E-state index is 0.0254. The second kappa shape index (κ2) is 8.85. The number of aryl methyl sites for hydroxylation is 1. The Labute approximate surface area is 188 Å². The minimum atomic E-state index is -4.54. The molecule has 0 aliphatic carbocycles. The normalized spacial score (nSPS) is 12.0. The van der Waals surface area contributed by atoms with Gasteiger partial charge in [0.05, 0.1) is 15.3 Å². The molecule has 3 rings (SSSR count). The van der Waals surface area contributed by atoms with Crippen molar-refractivity contribution in [2.24, 2.45) is 5.41 Å². The summed E-state index contributed by atoms with van der Waals surface area (Å²) in [5, 5.41) is 3.68. The van der Waals surface area contributed by atoms with E-state index in [-0.39, 0.29) is 11.9 Å². The fourth-order valence-corrected chi connectivity index (χ4v) is 4.42. The first-order chi connectivity index (χ1) is 14.8. The second-order valence-corrected chi connectivity index (χ2v) is 9.47. The SMILES string of the molecule is Cc1cc(Nc2nccc(C(F)(F)F)n2)cc(-c2cnc(CC(C)(C)C(=O)N(C)C)s2)c1. The van der Waals surface area contributed by atoms with Gasteiger partial charge in [-0.15, -0.1) is 11.3 Å². The van der Waals surface area contributed by atoms with Crippen molar-refractivity contribution in [3.63, 3.8) is 0 Å². The topological polar surface area (TPSA) is 71.0 Å². The van der Waals surface area contributed by atoms with Gasteiger partial charge in [-0.05, 0) is 36.2 Å². The molecule has 6 nitrogen and oxygen atoms in total. The molecular formula is C22H24F3N5OS. The van der Waals surface area contributed by atoms with Crippen molar-refractivity contribution in [1.82, 2.24) is 19.9 Å². The number of benzene rings is 1. The fourth-order valence-electron chi connectivity index (χ4n) is 3.29. The Bertz CT molecular complexity index is 1120. The molecule has 3 aromatic rings. The molecule has 10 heteroatoms. The lowest BCUT2D eigenvalue weighted by atomic mass is 9.88. The number of anilines is 2. The third kappa shape index (κ3) is 5.61. The van der Waals surface area contributed by atoms with E-state index < -0.39 is 17.3 Å². The number of thiazole rings is 1. The summed E-state index contributed by atoms with van der Waals surface area (Å²) in [5.41, 5.74) is 0.746. The first-order valence-electron chi connectivity index (χ1n) is 9.81. The maximum Gasteiger partial charge on any atom is 0.433 e. The van der Waals surface area contributed by atoms with Crippen molar-refractivity contribution in [1.29, 1.82) is 0 Å². The van der Waals surface area contributed by atoms with Crippen molar-refractivity contribution >= 4 is 28.9 Å². The first kappa shape index (κ1) is 23.6. The van der Waals surface area contributed by atoms with Crippen LogP contribution in [-0.2, 0) is 17.4 Å². The van der Waals surface area contributed by atoms with Gasteiger partial charge in [0.2, 0.25) is 11.9 Å². The van der Waals surface area contributed by atoms with Crippen LogP contribution < -0.4 is 5.32 Å². The molecule has 1 amide bonds. The molecule has 0 aliphatic heterocycles. The van der Waals surface area contributed by atoms with Crippen LogP contribution in [0.3, 0.4) is 0 Å². The quantitative estimate of drug-likeness (QED) is 0.535. The molecule has 170 valence electrons. The number of halogens is 3. The summed E-state index contributed by atoms with van der Waals surface area (Å²) < 4.78 is 38.8. The molecule has 1 aromatic carbocycles. The molecule has 0 unspecified atom stereocenters. The molecular weight excluding hydrogens is 439 g/mol. The standard InChI is InChI=1S/C22H24F3N5OS/c1-13-8-14(16-12-27-18(32-16)11-21(2,3)19(31)30(4)5)10-15(9-13)28-20-26-7-6-17(29-20)22(23,24)25/h6-10,12H,11H2,1-5H3,(H,26,28,29). The number of aromatic nitrogens is 3. The largest absolute Gasteiger partial charge is 0.433 e. The maximum atomic E-state index is 12.9. The number of amides is 1. The number of hydrogen-bond donors (Lipinski definition) is 1. The summed E-state index contributed by atoms with van der Waals surface area (Å²) in [6.45, 7) is 5.67. The lowest BCUT2D eigenvalue weighted by molar-refractivity contribution is -0.141. The summed E-state index contributed by atoms with van der Waals surface area (Å²) in [6, 6.07) is 6.40. The van der Waals surface area contributed by atoms with Crippen molar-refractivity contribution < 1.29 is 18.0 Å². The number of nitrogens with one attached hydrogen (secondary N) is 1. The molecule has 0 bridgehead atoms. The molecule has 32 heavy (non-hydrogen) atoms. The van der Waals surface area contributed by atoms with Gasteiger partial charge in [-0.3, -0.25) is 4.79 Å². The van der Waals surface area contributed by atoms with E-state index in [0.717, 1.165) is 33.3 Å². The number of rotatable bonds is 6. The summed E-state index contributed by atoms with van der Waals surface area (Å²) in [7, 11) is 3.46. The molecule has 2 heterocycles. The Kier molecular flexibility index (Phi) is 6.54. The summed E-state index contributed by atoms with van der Waals surface area (Å²) in [6.07, 6.45) is -1.22. The number of carbonyl (C=O) groups is 1. The van der Waals surface area contributed by atoms with Crippen molar-refractivity contribution in [3.8, 4) is 10.4 Å². The molecule has 0 atom stereocenters. The van der Waals surface area contributed by atoms with E-state index >= 15 is 0 Å².